The van der Waals surface area contributed by atoms with Crippen LogP contribution in [0.1, 0.15) is 0 Å². The van der Waals surface area contributed by atoms with Crippen molar-refractivity contribution in [3.05, 3.63) is 16.6 Å². The molecule has 0 aliphatic rings. The van der Waals surface area contributed by atoms with Crippen LogP contribution in [-0.4, -0.2) is 14.2 Å². The van der Waals surface area contributed by atoms with E-state index in [1.165, 1.54) is 7.11 Å². The minimum Gasteiger partial charge on any atom is -0.494 e. The first-order valence-electron chi connectivity index (χ1n) is 3.61. The smallest absolute Gasteiger partial charge is 0.145 e. The number of benzene rings is 1. The largest absolute Gasteiger partial charge is 0.494 e. The van der Waals surface area contributed by atoms with Crippen LogP contribution in [0.3, 0.4) is 0 Å². The van der Waals surface area contributed by atoms with Crippen LogP contribution in [0.4, 0.5) is 11.4 Å². The summed E-state index contributed by atoms with van der Waals surface area (Å²) in [5.41, 5.74) is 9.75. The maximum atomic E-state index is 5.72. The second kappa shape index (κ2) is 4.34. The molecule has 0 heterocycles. The van der Waals surface area contributed by atoms with Gasteiger partial charge >= 0.3 is 0 Å². The fraction of sp³-hybridized carbons (Fsp3) is 0.250. The lowest BCUT2D eigenvalue weighted by molar-refractivity contribution is 0.270. The molecule has 72 valence electrons. The standard InChI is InChI=1S/C8H11BrN2O2/c1-12-7-4-5(11-13-2)3-6(9)8(7)10/h3-4,11H,10H2,1-2H3. The zero-order chi connectivity index (χ0) is 9.84. The third-order valence-corrected chi connectivity index (χ3v) is 2.19. The molecule has 0 fully saturated rings. The average Bonchev–Trinajstić information content (AvgIpc) is 2.11. The molecule has 0 atom stereocenters. The molecule has 4 nitrogen and oxygen atoms in total. The number of nitrogens with one attached hydrogen (secondary N) is 1. The first kappa shape index (κ1) is 10.1. The SMILES string of the molecule is CONc1cc(Br)c(N)c(OC)c1. The van der Waals surface area contributed by atoms with Gasteiger partial charge in [0.2, 0.25) is 0 Å². The Hall–Kier alpha value is -0.940. The average molecular weight is 247 g/mol. The Balaban J connectivity index is 3.06. The number of nitrogen functional groups attached to an aromatic ring is 1. The predicted octanol–water partition coefficient (Wildman–Crippen LogP) is 2.01. The van der Waals surface area contributed by atoms with Crippen LogP contribution >= 0.6 is 15.9 Å². The van der Waals surface area contributed by atoms with Crippen molar-refractivity contribution in [2.75, 3.05) is 25.4 Å². The lowest BCUT2D eigenvalue weighted by Crippen LogP contribution is -1.99. The molecule has 0 saturated heterocycles. The Bertz CT molecular complexity index is 304. The summed E-state index contributed by atoms with van der Waals surface area (Å²) in [6.45, 7) is 0. The maximum Gasteiger partial charge on any atom is 0.145 e. The fourth-order valence-corrected chi connectivity index (χ4v) is 1.38. The van der Waals surface area contributed by atoms with E-state index in [2.05, 4.69) is 21.4 Å². The lowest BCUT2D eigenvalue weighted by atomic mass is 10.2. The Kier molecular flexibility index (Phi) is 3.39. The number of nitrogens with two attached hydrogens (primary N) is 1. The molecular formula is C8H11BrN2O2. The van der Waals surface area contributed by atoms with Gasteiger partial charge < -0.3 is 10.5 Å². The highest BCUT2D eigenvalue weighted by atomic mass is 79.9. The third kappa shape index (κ3) is 2.26. The van der Waals surface area contributed by atoms with Crippen molar-refractivity contribution in [1.29, 1.82) is 0 Å². The van der Waals surface area contributed by atoms with E-state index in [0.717, 1.165) is 10.2 Å². The molecule has 1 aromatic carbocycles. The van der Waals surface area contributed by atoms with Gasteiger partial charge in [0.1, 0.15) is 5.75 Å². The molecule has 0 spiro atoms. The maximum absolute atomic E-state index is 5.72. The molecule has 5 heteroatoms. The van der Waals surface area contributed by atoms with Crippen molar-refractivity contribution in [2.24, 2.45) is 0 Å². The van der Waals surface area contributed by atoms with Crippen molar-refractivity contribution >= 4 is 27.3 Å². The number of hydrogen-bond donors (Lipinski definition) is 2. The van der Waals surface area contributed by atoms with Crippen LogP contribution < -0.4 is 16.0 Å². The molecule has 0 unspecified atom stereocenters. The summed E-state index contributed by atoms with van der Waals surface area (Å²) in [6, 6.07) is 3.56. The molecule has 0 amide bonds. The van der Waals surface area contributed by atoms with Gasteiger partial charge in [0.05, 0.1) is 25.6 Å². The Morgan fingerprint density at radius 3 is 2.62 bits per heavy atom. The molecular weight excluding hydrogens is 236 g/mol. The number of anilines is 2. The highest BCUT2D eigenvalue weighted by Gasteiger charge is 2.05. The van der Waals surface area contributed by atoms with E-state index in [0.29, 0.717) is 11.4 Å². The second-order valence-corrected chi connectivity index (χ2v) is 3.23. The number of rotatable bonds is 3. The van der Waals surface area contributed by atoms with Crippen molar-refractivity contribution in [3.8, 4) is 5.75 Å². The lowest BCUT2D eigenvalue weighted by Gasteiger charge is -2.09. The molecule has 0 aromatic heterocycles. The van der Waals surface area contributed by atoms with Crippen molar-refractivity contribution < 1.29 is 9.57 Å². The van der Waals surface area contributed by atoms with Gasteiger partial charge in [0, 0.05) is 10.5 Å². The van der Waals surface area contributed by atoms with E-state index < -0.39 is 0 Å². The summed E-state index contributed by atoms with van der Waals surface area (Å²) in [5.74, 6) is 0.605. The van der Waals surface area contributed by atoms with E-state index in [-0.39, 0.29) is 0 Å². The number of methoxy groups -OCH3 is 1. The van der Waals surface area contributed by atoms with Crippen molar-refractivity contribution in [2.45, 2.75) is 0 Å². The summed E-state index contributed by atoms with van der Waals surface area (Å²) in [4.78, 5) is 4.76. The fourth-order valence-electron chi connectivity index (χ4n) is 0.938. The van der Waals surface area contributed by atoms with Crippen LogP contribution in [-0.2, 0) is 4.84 Å². The number of ether oxygens (including phenoxy) is 1. The molecule has 0 radical (unpaired) electrons. The predicted molar refractivity (Wildman–Crippen MR) is 55.7 cm³/mol. The molecule has 3 N–H and O–H groups in total. The highest BCUT2D eigenvalue weighted by molar-refractivity contribution is 9.10. The van der Waals surface area contributed by atoms with E-state index in [1.807, 2.05) is 0 Å². The van der Waals surface area contributed by atoms with Gasteiger partial charge in [-0.3, -0.25) is 10.3 Å². The molecule has 13 heavy (non-hydrogen) atoms. The van der Waals surface area contributed by atoms with E-state index in [9.17, 15) is 0 Å². The Labute approximate surface area is 85.1 Å². The van der Waals surface area contributed by atoms with Gasteiger partial charge in [-0.2, -0.15) is 0 Å². The minimum atomic E-state index is 0.573. The molecule has 0 saturated carbocycles. The van der Waals surface area contributed by atoms with Gasteiger partial charge in [-0.25, -0.2) is 0 Å². The topological polar surface area (TPSA) is 56.5 Å². The summed E-state index contributed by atoms with van der Waals surface area (Å²) in [5, 5.41) is 0. The summed E-state index contributed by atoms with van der Waals surface area (Å²) in [7, 11) is 3.10. The summed E-state index contributed by atoms with van der Waals surface area (Å²) < 4.78 is 5.83. The normalized spacial score (nSPS) is 9.77. The number of halogens is 1. The summed E-state index contributed by atoms with van der Waals surface area (Å²) >= 11 is 3.31. The molecule has 0 aliphatic carbocycles. The third-order valence-electron chi connectivity index (χ3n) is 1.53. The van der Waals surface area contributed by atoms with Crippen LogP contribution in [0, 0.1) is 0 Å². The van der Waals surface area contributed by atoms with Gasteiger partial charge in [0.15, 0.2) is 0 Å². The highest BCUT2D eigenvalue weighted by Crippen LogP contribution is 2.33. The van der Waals surface area contributed by atoms with Gasteiger partial charge in [-0.1, -0.05) is 0 Å². The van der Waals surface area contributed by atoms with Crippen molar-refractivity contribution in [1.82, 2.24) is 0 Å². The zero-order valence-electron chi connectivity index (χ0n) is 7.43. The number of hydrogen-bond acceptors (Lipinski definition) is 4. The van der Waals surface area contributed by atoms with Crippen LogP contribution in [0.15, 0.2) is 16.6 Å². The van der Waals surface area contributed by atoms with Gasteiger partial charge in [0.25, 0.3) is 0 Å². The van der Waals surface area contributed by atoms with E-state index >= 15 is 0 Å². The molecule has 1 rings (SSSR count). The van der Waals surface area contributed by atoms with Crippen LogP contribution in [0.5, 0.6) is 5.75 Å². The molecule has 1 aromatic rings. The molecule has 0 bridgehead atoms. The first-order valence-corrected chi connectivity index (χ1v) is 4.40. The van der Waals surface area contributed by atoms with E-state index in [4.69, 9.17) is 15.3 Å². The summed E-state index contributed by atoms with van der Waals surface area (Å²) in [6.07, 6.45) is 0. The van der Waals surface area contributed by atoms with E-state index in [1.54, 1.807) is 19.2 Å². The van der Waals surface area contributed by atoms with Gasteiger partial charge in [-0.15, -0.1) is 0 Å². The van der Waals surface area contributed by atoms with Crippen LogP contribution in [0.2, 0.25) is 0 Å². The first-order chi connectivity index (χ1) is 6.19. The quantitative estimate of drug-likeness (QED) is 0.633. The zero-order valence-corrected chi connectivity index (χ0v) is 9.01. The van der Waals surface area contributed by atoms with Gasteiger partial charge in [-0.05, 0) is 22.0 Å². The Morgan fingerprint density at radius 2 is 2.08 bits per heavy atom. The van der Waals surface area contributed by atoms with Crippen LogP contribution in [0.25, 0.3) is 0 Å². The van der Waals surface area contributed by atoms with Crippen molar-refractivity contribution in [3.63, 3.8) is 0 Å². The second-order valence-electron chi connectivity index (χ2n) is 2.38. The monoisotopic (exact) mass is 246 g/mol. The molecule has 0 aliphatic heterocycles. The minimum absolute atomic E-state index is 0.573. The Morgan fingerprint density at radius 1 is 1.38 bits per heavy atom.